The number of carbonyl (C=O) groups excluding carboxylic acids is 2. The van der Waals surface area contributed by atoms with Crippen molar-refractivity contribution in [1.82, 2.24) is 0 Å². The number of para-hydroxylation sites is 1. The van der Waals surface area contributed by atoms with Gasteiger partial charge in [0.1, 0.15) is 12.6 Å². The normalized spacial score (nSPS) is 13.9. The predicted octanol–water partition coefficient (Wildman–Crippen LogP) is 6.17. The average molecular weight is 528 g/mol. The monoisotopic (exact) mass is 527 g/mol. The molecule has 0 bridgehead atoms. The van der Waals surface area contributed by atoms with Gasteiger partial charge in [0.15, 0.2) is 0 Å². The summed E-state index contributed by atoms with van der Waals surface area (Å²) in [7, 11) is 0. The van der Waals surface area contributed by atoms with Gasteiger partial charge in [0.2, 0.25) is 5.91 Å². The van der Waals surface area contributed by atoms with E-state index in [4.69, 9.17) is 10.5 Å². The van der Waals surface area contributed by atoms with Crippen LogP contribution in [0.25, 0.3) is 0 Å². The lowest BCUT2D eigenvalue weighted by atomic mass is 9.87. The van der Waals surface area contributed by atoms with E-state index in [0.717, 1.165) is 54.0 Å². The van der Waals surface area contributed by atoms with Crippen molar-refractivity contribution in [2.24, 2.45) is 5.73 Å². The summed E-state index contributed by atoms with van der Waals surface area (Å²) in [5, 5.41) is 0. The van der Waals surface area contributed by atoms with Crippen LogP contribution in [0.15, 0.2) is 66.7 Å². The number of aryl methyl sites for hydroxylation is 1. The minimum Gasteiger partial charge on any atom is -0.457 e. The molecule has 1 amide bonds. The van der Waals surface area contributed by atoms with Gasteiger partial charge in [0.25, 0.3) is 0 Å². The smallest absolute Gasteiger partial charge is 0.340 e. The van der Waals surface area contributed by atoms with E-state index in [-0.39, 0.29) is 12.0 Å². The lowest BCUT2D eigenvalue weighted by molar-refractivity contribution is -0.119. The molecular formula is C33H41N3O3. The van der Waals surface area contributed by atoms with E-state index in [1.54, 1.807) is 6.07 Å². The third-order valence-corrected chi connectivity index (χ3v) is 7.58. The molecule has 2 N–H and O–H groups in total. The Balaban J connectivity index is 1.61. The van der Waals surface area contributed by atoms with Crippen LogP contribution in [0, 0.1) is 0 Å². The molecule has 0 saturated carbocycles. The largest absolute Gasteiger partial charge is 0.457 e. The third-order valence-electron chi connectivity index (χ3n) is 7.58. The summed E-state index contributed by atoms with van der Waals surface area (Å²) in [5.41, 5.74) is 12.4. The fourth-order valence-corrected chi connectivity index (χ4v) is 5.39. The second-order valence-corrected chi connectivity index (χ2v) is 11.2. The molecule has 6 heteroatoms. The number of rotatable bonds is 9. The standard InChI is InChI=1S/C33H41N3O3/c1-6-35(7-2)27-19-15-25(16-20-27)30(31(34)37)36-21-9-11-24-10-8-12-28(29(24)36)32(38)39-22-23-13-17-26(18-14-23)33(3,4)5/h8,10,12-20,30H,6-7,9,11,21-22H2,1-5H3,(H2,34,37). The maximum absolute atomic E-state index is 13.4. The van der Waals surface area contributed by atoms with Crippen molar-refractivity contribution in [1.29, 1.82) is 0 Å². The van der Waals surface area contributed by atoms with Crippen molar-refractivity contribution in [2.45, 2.75) is 65.5 Å². The molecule has 6 nitrogen and oxygen atoms in total. The highest BCUT2D eigenvalue weighted by Gasteiger charge is 2.33. The Hall–Kier alpha value is -3.80. The minimum absolute atomic E-state index is 0.0600. The molecule has 3 aromatic carbocycles. The van der Waals surface area contributed by atoms with Crippen LogP contribution in [0.4, 0.5) is 11.4 Å². The van der Waals surface area contributed by atoms with E-state index in [1.165, 1.54) is 5.56 Å². The zero-order valence-corrected chi connectivity index (χ0v) is 23.9. The maximum Gasteiger partial charge on any atom is 0.340 e. The summed E-state index contributed by atoms with van der Waals surface area (Å²) in [6.45, 7) is 13.4. The number of fused-ring (bicyclic) bond motifs is 1. The molecule has 39 heavy (non-hydrogen) atoms. The van der Waals surface area contributed by atoms with Crippen LogP contribution in [0.1, 0.15) is 79.7 Å². The number of amides is 1. The number of hydrogen-bond acceptors (Lipinski definition) is 5. The lowest BCUT2D eigenvalue weighted by Gasteiger charge is -2.38. The zero-order valence-electron chi connectivity index (χ0n) is 23.9. The number of nitrogens with zero attached hydrogens (tertiary/aromatic N) is 2. The number of nitrogens with two attached hydrogens (primary N) is 1. The van der Waals surface area contributed by atoms with Gasteiger partial charge in [-0.3, -0.25) is 4.79 Å². The number of hydrogen-bond donors (Lipinski definition) is 1. The van der Waals surface area contributed by atoms with Crippen LogP contribution in [-0.4, -0.2) is 31.5 Å². The molecule has 1 aliphatic rings. The van der Waals surface area contributed by atoms with Crippen molar-refractivity contribution in [3.63, 3.8) is 0 Å². The van der Waals surface area contributed by atoms with Gasteiger partial charge in [0.05, 0.1) is 11.3 Å². The number of esters is 1. The Morgan fingerprint density at radius 3 is 2.23 bits per heavy atom. The Bertz CT molecular complexity index is 1290. The van der Waals surface area contributed by atoms with Crippen LogP contribution in [-0.2, 0) is 28.0 Å². The van der Waals surface area contributed by atoms with Crippen LogP contribution >= 0.6 is 0 Å². The SMILES string of the molecule is CCN(CC)c1ccc(C(C(N)=O)N2CCCc3cccc(C(=O)OCc4ccc(C(C)(C)C)cc4)c32)cc1. The molecule has 1 atom stereocenters. The van der Waals surface area contributed by atoms with Crippen LogP contribution in [0.3, 0.4) is 0 Å². The Morgan fingerprint density at radius 1 is 0.974 bits per heavy atom. The van der Waals surface area contributed by atoms with E-state index in [0.29, 0.717) is 12.1 Å². The fraction of sp³-hybridized carbons (Fsp3) is 0.394. The van der Waals surface area contributed by atoms with Gasteiger partial charge in [0, 0.05) is 25.3 Å². The van der Waals surface area contributed by atoms with Gasteiger partial charge < -0.3 is 20.3 Å². The molecule has 0 saturated heterocycles. The molecule has 4 rings (SSSR count). The van der Waals surface area contributed by atoms with Crippen molar-refractivity contribution < 1.29 is 14.3 Å². The van der Waals surface area contributed by atoms with Gasteiger partial charge in [-0.2, -0.15) is 0 Å². The molecule has 3 aromatic rings. The third kappa shape index (κ3) is 6.27. The first-order valence-corrected chi connectivity index (χ1v) is 13.9. The van der Waals surface area contributed by atoms with Gasteiger partial charge in [-0.15, -0.1) is 0 Å². The molecule has 1 heterocycles. The summed E-state index contributed by atoms with van der Waals surface area (Å²) in [6, 6.07) is 21.2. The molecule has 0 aromatic heterocycles. The second-order valence-electron chi connectivity index (χ2n) is 11.2. The first-order valence-electron chi connectivity index (χ1n) is 13.9. The van der Waals surface area contributed by atoms with Gasteiger partial charge in [-0.25, -0.2) is 4.79 Å². The Kier molecular flexibility index (Phi) is 8.63. The predicted molar refractivity (Wildman–Crippen MR) is 158 cm³/mol. The molecular weight excluding hydrogens is 486 g/mol. The molecule has 0 spiro atoms. The molecule has 206 valence electrons. The van der Waals surface area contributed by atoms with Crippen LogP contribution in [0.5, 0.6) is 0 Å². The van der Waals surface area contributed by atoms with Crippen LogP contribution in [0.2, 0.25) is 0 Å². The first kappa shape index (κ1) is 28.2. The number of carbonyl (C=O) groups is 2. The second kappa shape index (κ2) is 11.9. The van der Waals surface area contributed by atoms with Crippen molar-refractivity contribution >= 4 is 23.3 Å². The maximum atomic E-state index is 13.4. The molecule has 1 unspecified atom stereocenters. The minimum atomic E-state index is -0.686. The highest BCUT2D eigenvalue weighted by molar-refractivity contribution is 5.98. The van der Waals surface area contributed by atoms with E-state index in [1.807, 2.05) is 53.4 Å². The van der Waals surface area contributed by atoms with E-state index >= 15 is 0 Å². The summed E-state index contributed by atoms with van der Waals surface area (Å²) in [4.78, 5) is 30.5. The number of ether oxygens (including phenoxy) is 1. The lowest BCUT2D eigenvalue weighted by Crippen LogP contribution is -2.41. The summed E-state index contributed by atoms with van der Waals surface area (Å²) >= 11 is 0. The van der Waals surface area contributed by atoms with Crippen molar-refractivity contribution in [3.8, 4) is 0 Å². The summed E-state index contributed by atoms with van der Waals surface area (Å²) in [5.74, 6) is -0.848. The summed E-state index contributed by atoms with van der Waals surface area (Å²) < 4.78 is 5.78. The average Bonchev–Trinajstić information content (AvgIpc) is 2.92. The van der Waals surface area contributed by atoms with Gasteiger partial charge in [-0.1, -0.05) is 69.3 Å². The Morgan fingerprint density at radius 2 is 1.64 bits per heavy atom. The molecule has 1 aliphatic heterocycles. The van der Waals surface area contributed by atoms with Gasteiger partial charge >= 0.3 is 5.97 Å². The topological polar surface area (TPSA) is 75.9 Å². The first-order chi connectivity index (χ1) is 18.6. The molecule has 0 aliphatic carbocycles. The quantitative estimate of drug-likeness (QED) is 0.337. The van der Waals surface area contributed by atoms with Gasteiger partial charge in [-0.05, 0) is 72.6 Å². The molecule has 0 fully saturated rings. The number of benzene rings is 3. The summed E-state index contributed by atoms with van der Waals surface area (Å²) in [6.07, 6.45) is 1.69. The van der Waals surface area contributed by atoms with E-state index < -0.39 is 17.9 Å². The zero-order chi connectivity index (χ0) is 28.2. The van der Waals surface area contributed by atoms with E-state index in [2.05, 4.69) is 51.7 Å². The highest BCUT2D eigenvalue weighted by atomic mass is 16.5. The number of anilines is 2. The Labute approximate surface area is 232 Å². The number of primary amides is 1. The highest BCUT2D eigenvalue weighted by Crippen LogP contribution is 2.38. The fourth-order valence-electron chi connectivity index (χ4n) is 5.39. The van der Waals surface area contributed by atoms with Crippen molar-refractivity contribution in [3.05, 3.63) is 94.5 Å². The van der Waals surface area contributed by atoms with E-state index in [9.17, 15) is 9.59 Å². The molecule has 0 radical (unpaired) electrons. The van der Waals surface area contributed by atoms with Crippen LogP contribution < -0.4 is 15.5 Å². The van der Waals surface area contributed by atoms with Crippen molar-refractivity contribution in [2.75, 3.05) is 29.4 Å².